The Labute approximate surface area is 204 Å². The topological polar surface area (TPSA) is 101 Å². The molecule has 0 radical (unpaired) electrons. The van der Waals surface area contributed by atoms with Gasteiger partial charge in [-0.15, -0.1) is 0 Å². The molecule has 1 spiro atoms. The SMILES string of the molecule is CC(C)(C)OC(=O)N[C@@H]1CN(c2c(F)cc3c(=O)c(C(=O)O)cn(C4C[C@@H]4F)c3c2Cl)CC12CC2. The van der Waals surface area contributed by atoms with E-state index in [1.54, 1.807) is 25.7 Å². The fourth-order valence-electron chi connectivity index (χ4n) is 5.03. The standard InChI is InChI=1S/C24H26ClF2N3O5/c1-23(2,3)35-22(34)28-16-9-29(10-24(16)4-5-24)19-14(27)6-11-18(17(19)25)30(15-7-13(15)26)8-12(20(11)31)21(32)33/h6,8,13,15-16H,4-5,7,9-10H2,1-3H3,(H,28,34)(H,32,33)/t13-,15?,16+/m0/s1. The zero-order valence-electron chi connectivity index (χ0n) is 19.5. The van der Waals surface area contributed by atoms with Crippen molar-refractivity contribution >= 4 is 40.3 Å². The number of aromatic nitrogens is 1. The molecule has 1 unspecified atom stereocenters. The fourth-order valence-corrected chi connectivity index (χ4v) is 5.44. The zero-order valence-corrected chi connectivity index (χ0v) is 20.3. The lowest BCUT2D eigenvalue weighted by Crippen LogP contribution is -2.44. The van der Waals surface area contributed by atoms with E-state index in [9.17, 15) is 23.9 Å². The highest BCUT2D eigenvalue weighted by Gasteiger charge is 2.56. The number of rotatable bonds is 4. The maximum Gasteiger partial charge on any atom is 0.407 e. The lowest BCUT2D eigenvalue weighted by molar-refractivity contribution is 0.0493. The molecule has 3 fully saturated rings. The van der Waals surface area contributed by atoms with Crippen LogP contribution in [-0.2, 0) is 4.74 Å². The molecular weight excluding hydrogens is 484 g/mol. The first-order chi connectivity index (χ1) is 16.3. The van der Waals surface area contributed by atoms with Crippen LogP contribution in [0.5, 0.6) is 0 Å². The number of ether oxygens (including phenoxy) is 1. The largest absolute Gasteiger partial charge is 0.477 e. The smallest absolute Gasteiger partial charge is 0.407 e. The summed E-state index contributed by atoms with van der Waals surface area (Å²) in [5.41, 5.74) is -2.20. The summed E-state index contributed by atoms with van der Waals surface area (Å²) in [4.78, 5) is 38.5. The van der Waals surface area contributed by atoms with Crippen LogP contribution in [-0.4, -0.2) is 52.6 Å². The van der Waals surface area contributed by atoms with Gasteiger partial charge in [0.25, 0.3) is 0 Å². The Bertz CT molecular complexity index is 1320. The lowest BCUT2D eigenvalue weighted by Gasteiger charge is -2.24. The van der Waals surface area contributed by atoms with Crippen molar-refractivity contribution in [1.29, 1.82) is 0 Å². The highest BCUT2D eigenvalue weighted by molar-refractivity contribution is 6.38. The van der Waals surface area contributed by atoms with Crippen LogP contribution in [0.1, 0.15) is 56.4 Å². The zero-order chi connectivity index (χ0) is 25.4. The molecule has 2 N–H and O–H groups in total. The highest BCUT2D eigenvalue weighted by Crippen LogP contribution is 2.55. The third kappa shape index (κ3) is 4.11. The third-order valence-electron chi connectivity index (χ3n) is 7.00. The first-order valence-electron chi connectivity index (χ1n) is 11.5. The number of halogens is 3. The number of nitrogens with one attached hydrogen (secondary N) is 1. The van der Waals surface area contributed by atoms with Gasteiger partial charge in [0, 0.05) is 31.1 Å². The molecule has 2 aliphatic carbocycles. The van der Waals surface area contributed by atoms with E-state index in [0.717, 1.165) is 25.1 Å². The van der Waals surface area contributed by atoms with E-state index in [-0.39, 0.29) is 46.0 Å². The van der Waals surface area contributed by atoms with E-state index in [1.807, 2.05) is 0 Å². The summed E-state index contributed by atoms with van der Waals surface area (Å²) in [5, 5.41) is 12.0. The highest BCUT2D eigenvalue weighted by atomic mass is 35.5. The minimum absolute atomic E-state index is 0.0474. The van der Waals surface area contributed by atoms with Crippen molar-refractivity contribution in [3.05, 3.63) is 38.9 Å². The van der Waals surface area contributed by atoms with Crippen LogP contribution < -0.4 is 15.6 Å². The van der Waals surface area contributed by atoms with Crippen molar-refractivity contribution in [2.45, 2.75) is 63.9 Å². The van der Waals surface area contributed by atoms with Gasteiger partial charge in [0.1, 0.15) is 23.2 Å². The van der Waals surface area contributed by atoms with Crippen LogP contribution in [0.15, 0.2) is 17.1 Å². The number of carbonyl (C=O) groups excluding carboxylic acids is 1. The van der Waals surface area contributed by atoms with Crippen LogP contribution >= 0.6 is 11.6 Å². The minimum Gasteiger partial charge on any atom is -0.477 e. The average Bonchev–Trinajstić information content (AvgIpc) is 3.62. The van der Waals surface area contributed by atoms with Crippen LogP contribution in [0, 0.1) is 11.2 Å². The molecule has 2 saturated carbocycles. The Hall–Kier alpha value is -2.88. The molecule has 188 valence electrons. The number of amides is 1. The van der Waals surface area contributed by atoms with Crippen molar-refractivity contribution in [2.24, 2.45) is 5.41 Å². The Morgan fingerprint density at radius 2 is 1.97 bits per heavy atom. The quantitative estimate of drug-likeness (QED) is 0.638. The number of aromatic carboxylic acids is 1. The second kappa shape index (κ2) is 7.81. The molecule has 1 amide bonds. The molecule has 1 aliphatic heterocycles. The van der Waals surface area contributed by atoms with Crippen LogP contribution in [0.25, 0.3) is 10.9 Å². The predicted octanol–water partition coefficient (Wildman–Crippen LogP) is 4.27. The van der Waals surface area contributed by atoms with E-state index < -0.39 is 46.7 Å². The van der Waals surface area contributed by atoms with E-state index in [2.05, 4.69) is 5.32 Å². The van der Waals surface area contributed by atoms with E-state index in [0.29, 0.717) is 6.54 Å². The fraction of sp³-hybridized carbons (Fsp3) is 0.542. The van der Waals surface area contributed by atoms with Crippen LogP contribution in [0.2, 0.25) is 5.02 Å². The van der Waals surface area contributed by atoms with Crippen molar-refractivity contribution in [3.8, 4) is 0 Å². The van der Waals surface area contributed by atoms with Gasteiger partial charge in [-0.2, -0.15) is 0 Å². The molecule has 2 heterocycles. The van der Waals surface area contributed by atoms with Gasteiger partial charge >= 0.3 is 12.1 Å². The molecule has 1 aromatic heterocycles. The maximum absolute atomic E-state index is 15.4. The molecule has 0 bridgehead atoms. The molecule has 1 aromatic carbocycles. The van der Waals surface area contributed by atoms with E-state index in [4.69, 9.17) is 16.3 Å². The average molecular weight is 510 g/mol. The monoisotopic (exact) mass is 509 g/mol. The number of anilines is 1. The molecule has 11 heteroatoms. The Morgan fingerprint density at radius 3 is 2.51 bits per heavy atom. The van der Waals surface area contributed by atoms with Gasteiger partial charge in [0.2, 0.25) is 5.43 Å². The third-order valence-corrected chi connectivity index (χ3v) is 7.36. The number of carboxylic acids is 1. The second-order valence-electron chi connectivity index (χ2n) is 10.8. The summed E-state index contributed by atoms with van der Waals surface area (Å²) < 4.78 is 36.2. The summed E-state index contributed by atoms with van der Waals surface area (Å²) >= 11 is 6.69. The summed E-state index contributed by atoms with van der Waals surface area (Å²) in [7, 11) is 0. The number of hydrogen-bond donors (Lipinski definition) is 2. The number of alkyl halides is 1. The van der Waals surface area contributed by atoms with E-state index in [1.165, 1.54) is 4.57 Å². The Morgan fingerprint density at radius 1 is 1.31 bits per heavy atom. The summed E-state index contributed by atoms with van der Waals surface area (Å²) in [5.74, 6) is -2.26. The molecule has 35 heavy (non-hydrogen) atoms. The molecule has 8 nitrogen and oxygen atoms in total. The van der Waals surface area contributed by atoms with Crippen molar-refractivity contribution < 1.29 is 28.2 Å². The number of pyridine rings is 1. The predicted molar refractivity (Wildman–Crippen MR) is 126 cm³/mol. The number of hydrogen-bond acceptors (Lipinski definition) is 5. The van der Waals surface area contributed by atoms with Gasteiger partial charge in [0.05, 0.1) is 33.7 Å². The summed E-state index contributed by atoms with van der Waals surface area (Å²) in [6, 6.07) is 0.00623. The van der Waals surface area contributed by atoms with Gasteiger partial charge in [0.15, 0.2) is 0 Å². The number of carbonyl (C=O) groups is 2. The number of benzene rings is 1. The van der Waals surface area contributed by atoms with Crippen molar-refractivity contribution in [2.75, 3.05) is 18.0 Å². The second-order valence-corrected chi connectivity index (χ2v) is 11.1. The molecule has 5 rings (SSSR count). The van der Waals surface area contributed by atoms with Gasteiger partial charge in [-0.25, -0.2) is 18.4 Å². The molecule has 2 aromatic rings. The number of carboxylic acid groups (broad SMARTS) is 1. The Balaban J connectivity index is 1.55. The Kier molecular flexibility index (Phi) is 5.32. The first-order valence-corrected chi connectivity index (χ1v) is 11.9. The molecular formula is C24H26ClF2N3O5. The summed E-state index contributed by atoms with van der Waals surface area (Å²) in [6.07, 6.45) is 1.15. The normalized spacial score (nSPS) is 24.6. The molecule has 1 saturated heterocycles. The van der Waals surface area contributed by atoms with Crippen molar-refractivity contribution in [3.63, 3.8) is 0 Å². The van der Waals surface area contributed by atoms with Crippen molar-refractivity contribution in [1.82, 2.24) is 9.88 Å². The van der Waals surface area contributed by atoms with Gasteiger partial charge in [-0.05, 0) is 39.7 Å². The number of fused-ring (bicyclic) bond motifs is 1. The van der Waals surface area contributed by atoms with Crippen LogP contribution in [0.3, 0.4) is 0 Å². The lowest BCUT2D eigenvalue weighted by atomic mass is 10.0. The van der Waals surface area contributed by atoms with Gasteiger partial charge in [-0.3, -0.25) is 4.79 Å². The number of alkyl carbamates (subject to hydrolysis) is 1. The van der Waals surface area contributed by atoms with Gasteiger partial charge in [-0.1, -0.05) is 11.6 Å². The van der Waals surface area contributed by atoms with Crippen LogP contribution in [0.4, 0.5) is 19.3 Å². The number of nitrogens with zero attached hydrogens (tertiary/aromatic N) is 2. The first kappa shape index (κ1) is 23.8. The molecule has 3 atom stereocenters. The van der Waals surface area contributed by atoms with Gasteiger partial charge < -0.3 is 24.6 Å². The maximum atomic E-state index is 15.4. The molecule has 3 aliphatic rings. The summed E-state index contributed by atoms with van der Waals surface area (Å²) in [6.45, 7) is 6.00. The minimum atomic E-state index is -1.48. The van der Waals surface area contributed by atoms with E-state index >= 15 is 4.39 Å².